The van der Waals surface area contributed by atoms with Gasteiger partial charge in [0, 0.05) is 12.1 Å². The van der Waals surface area contributed by atoms with E-state index in [0.29, 0.717) is 0 Å². The van der Waals surface area contributed by atoms with Gasteiger partial charge in [0.2, 0.25) is 0 Å². The molecule has 0 aromatic heterocycles. The molecule has 1 aromatic rings. The molecule has 5 N–H and O–H groups in total. The predicted octanol–water partition coefficient (Wildman–Crippen LogP) is -0.119. The highest BCUT2D eigenvalue weighted by Crippen LogP contribution is 2.12. The first-order chi connectivity index (χ1) is 7.85. The van der Waals surface area contributed by atoms with E-state index in [0.717, 1.165) is 6.07 Å². The molecular formula is C11H15FN2O3. The SMILES string of the molecule is CC(O)(CO)CNC(=O)c1ccc(F)c(N)c1. The number of nitrogens with two attached hydrogens (primary N) is 1. The van der Waals surface area contributed by atoms with Crippen LogP contribution in [0.25, 0.3) is 0 Å². The summed E-state index contributed by atoms with van der Waals surface area (Å²) in [5.41, 5.74) is 4.01. The van der Waals surface area contributed by atoms with Gasteiger partial charge in [-0.05, 0) is 25.1 Å². The summed E-state index contributed by atoms with van der Waals surface area (Å²) in [7, 11) is 0. The average molecular weight is 242 g/mol. The van der Waals surface area contributed by atoms with Crippen LogP contribution >= 0.6 is 0 Å². The van der Waals surface area contributed by atoms with Crippen LogP contribution in [0.5, 0.6) is 0 Å². The van der Waals surface area contributed by atoms with Crippen molar-refractivity contribution in [3.05, 3.63) is 29.6 Å². The minimum atomic E-state index is -1.39. The molecule has 94 valence electrons. The molecule has 0 spiro atoms. The van der Waals surface area contributed by atoms with E-state index in [1.165, 1.54) is 19.1 Å². The Labute approximate surface area is 98.1 Å². The second-order valence-corrected chi connectivity index (χ2v) is 4.07. The van der Waals surface area contributed by atoms with Gasteiger partial charge in [-0.2, -0.15) is 0 Å². The second-order valence-electron chi connectivity index (χ2n) is 4.07. The van der Waals surface area contributed by atoms with Gasteiger partial charge in [-0.1, -0.05) is 0 Å². The molecule has 0 heterocycles. The van der Waals surface area contributed by atoms with Crippen LogP contribution < -0.4 is 11.1 Å². The lowest BCUT2D eigenvalue weighted by Gasteiger charge is -2.20. The number of hydrogen-bond acceptors (Lipinski definition) is 4. The van der Waals surface area contributed by atoms with Crippen molar-refractivity contribution in [1.29, 1.82) is 0 Å². The van der Waals surface area contributed by atoms with Crippen LogP contribution in [-0.4, -0.2) is 34.9 Å². The van der Waals surface area contributed by atoms with E-state index in [2.05, 4.69) is 5.32 Å². The first-order valence-electron chi connectivity index (χ1n) is 5.02. The van der Waals surface area contributed by atoms with Crippen molar-refractivity contribution in [3.63, 3.8) is 0 Å². The summed E-state index contributed by atoms with van der Waals surface area (Å²) in [6.45, 7) is 0.796. The number of halogens is 1. The summed E-state index contributed by atoms with van der Waals surface area (Å²) in [6, 6.07) is 3.58. The molecule has 1 rings (SSSR count). The molecule has 1 unspecified atom stereocenters. The number of carbonyl (C=O) groups is 1. The van der Waals surface area contributed by atoms with Crippen molar-refractivity contribution < 1.29 is 19.4 Å². The van der Waals surface area contributed by atoms with Crippen LogP contribution in [0.3, 0.4) is 0 Å². The van der Waals surface area contributed by atoms with Crippen LogP contribution in [0.15, 0.2) is 18.2 Å². The van der Waals surface area contributed by atoms with Crippen molar-refractivity contribution in [3.8, 4) is 0 Å². The van der Waals surface area contributed by atoms with Crippen LogP contribution in [0.2, 0.25) is 0 Å². The van der Waals surface area contributed by atoms with E-state index in [1.807, 2.05) is 0 Å². The summed E-state index contributed by atoms with van der Waals surface area (Å²) in [6.07, 6.45) is 0. The average Bonchev–Trinajstić information content (AvgIpc) is 2.30. The number of aliphatic hydroxyl groups is 2. The molecule has 0 bridgehead atoms. The zero-order valence-corrected chi connectivity index (χ0v) is 9.40. The summed E-state index contributed by atoms with van der Waals surface area (Å²) in [5.74, 6) is -1.09. The number of nitrogens with one attached hydrogen (secondary N) is 1. The highest BCUT2D eigenvalue weighted by molar-refractivity contribution is 5.95. The van der Waals surface area contributed by atoms with E-state index in [1.54, 1.807) is 0 Å². The number of amides is 1. The number of benzene rings is 1. The smallest absolute Gasteiger partial charge is 0.251 e. The van der Waals surface area contributed by atoms with Gasteiger partial charge in [-0.3, -0.25) is 4.79 Å². The lowest BCUT2D eigenvalue weighted by atomic mass is 10.1. The normalized spacial score (nSPS) is 14.1. The second kappa shape index (κ2) is 5.11. The zero-order valence-electron chi connectivity index (χ0n) is 9.40. The molecule has 0 aliphatic heterocycles. The van der Waals surface area contributed by atoms with Gasteiger partial charge in [0.1, 0.15) is 11.4 Å². The Balaban J connectivity index is 2.68. The van der Waals surface area contributed by atoms with Gasteiger partial charge in [0.05, 0.1) is 12.3 Å². The van der Waals surface area contributed by atoms with Crippen LogP contribution in [-0.2, 0) is 0 Å². The largest absolute Gasteiger partial charge is 0.396 e. The highest BCUT2D eigenvalue weighted by atomic mass is 19.1. The predicted molar refractivity (Wildman–Crippen MR) is 60.9 cm³/mol. The van der Waals surface area contributed by atoms with Crippen molar-refractivity contribution in [2.45, 2.75) is 12.5 Å². The molecule has 6 heteroatoms. The van der Waals surface area contributed by atoms with Gasteiger partial charge in [-0.15, -0.1) is 0 Å². The fourth-order valence-electron chi connectivity index (χ4n) is 1.11. The molecule has 0 aliphatic carbocycles. The van der Waals surface area contributed by atoms with Crippen LogP contribution in [0.1, 0.15) is 17.3 Å². The molecule has 5 nitrogen and oxygen atoms in total. The number of hydrogen-bond donors (Lipinski definition) is 4. The molecule has 0 radical (unpaired) electrons. The minimum absolute atomic E-state index is 0.111. The lowest BCUT2D eigenvalue weighted by Crippen LogP contribution is -2.43. The summed E-state index contributed by atoms with van der Waals surface area (Å²) in [5, 5.41) is 20.7. The van der Waals surface area contributed by atoms with Crippen LogP contribution in [0, 0.1) is 5.82 Å². The maximum atomic E-state index is 12.9. The van der Waals surface area contributed by atoms with Gasteiger partial charge in [0.25, 0.3) is 5.91 Å². The van der Waals surface area contributed by atoms with Crippen molar-refractivity contribution in [1.82, 2.24) is 5.32 Å². The molecule has 1 atom stereocenters. The minimum Gasteiger partial charge on any atom is -0.396 e. The summed E-state index contributed by atoms with van der Waals surface area (Å²) >= 11 is 0. The molecule has 0 aliphatic rings. The molecule has 0 saturated heterocycles. The van der Waals surface area contributed by atoms with Gasteiger partial charge in [-0.25, -0.2) is 4.39 Å². The van der Waals surface area contributed by atoms with E-state index in [9.17, 15) is 14.3 Å². The van der Waals surface area contributed by atoms with E-state index in [4.69, 9.17) is 10.8 Å². The fraction of sp³-hybridized carbons (Fsp3) is 0.364. The lowest BCUT2D eigenvalue weighted by molar-refractivity contribution is 0.00320. The maximum absolute atomic E-state index is 12.9. The van der Waals surface area contributed by atoms with Crippen LogP contribution in [0.4, 0.5) is 10.1 Å². The number of anilines is 1. The van der Waals surface area contributed by atoms with Gasteiger partial charge in [0.15, 0.2) is 0 Å². The maximum Gasteiger partial charge on any atom is 0.251 e. The van der Waals surface area contributed by atoms with Gasteiger partial charge >= 0.3 is 0 Å². The third-order valence-electron chi connectivity index (χ3n) is 2.23. The number of aliphatic hydroxyl groups excluding tert-OH is 1. The topological polar surface area (TPSA) is 95.6 Å². The highest BCUT2D eigenvalue weighted by Gasteiger charge is 2.20. The molecule has 0 saturated carbocycles. The standard InChI is InChI=1S/C11H15FN2O3/c1-11(17,6-15)5-14-10(16)7-2-3-8(12)9(13)4-7/h2-4,15,17H,5-6,13H2,1H3,(H,14,16). The fourth-order valence-corrected chi connectivity index (χ4v) is 1.11. The third kappa shape index (κ3) is 3.69. The Morgan fingerprint density at radius 3 is 2.76 bits per heavy atom. The van der Waals surface area contributed by atoms with E-state index in [-0.39, 0.29) is 17.8 Å². The monoisotopic (exact) mass is 242 g/mol. The Hall–Kier alpha value is -1.66. The molecule has 0 fully saturated rings. The third-order valence-corrected chi connectivity index (χ3v) is 2.23. The zero-order chi connectivity index (χ0) is 13.1. The molecular weight excluding hydrogens is 227 g/mol. The first kappa shape index (κ1) is 13.4. The van der Waals surface area contributed by atoms with Crippen molar-refractivity contribution in [2.75, 3.05) is 18.9 Å². The Morgan fingerprint density at radius 2 is 2.24 bits per heavy atom. The Morgan fingerprint density at radius 1 is 1.59 bits per heavy atom. The van der Waals surface area contributed by atoms with Crippen molar-refractivity contribution >= 4 is 11.6 Å². The van der Waals surface area contributed by atoms with E-state index >= 15 is 0 Å². The summed E-state index contributed by atoms with van der Waals surface area (Å²) < 4.78 is 12.9. The first-order valence-corrected chi connectivity index (χ1v) is 5.02. The van der Waals surface area contributed by atoms with Gasteiger partial charge < -0.3 is 21.3 Å². The molecule has 17 heavy (non-hydrogen) atoms. The van der Waals surface area contributed by atoms with Crippen molar-refractivity contribution in [2.24, 2.45) is 0 Å². The number of carbonyl (C=O) groups excluding carboxylic acids is 1. The summed E-state index contributed by atoms with van der Waals surface area (Å²) in [4.78, 5) is 11.6. The molecule has 1 aromatic carbocycles. The Kier molecular flexibility index (Phi) is 4.03. The Bertz CT molecular complexity index is 421. The molecule has 1 amide bonds. The van der Waals surface area contributed by atoms with E-state index < -0.39 is 23.9 Å². The number of nitrogen functional groups attached to an aromatic ring is 1. The quantitative estimate of drug-likeness (QED) is 0.553. The number of rotatable bonds is 4.